The summed E-state index contributed by atoms with van der Waals surface area (Å²) in [6, 6.07) is 6.84. The third-order valence-corrected chi connectivity index (χ3v) is 10.6. The van der Waals surface area contributed by atoms with Crippen LogP contribution in [0.3, 0.4) is 0 Å². The van der Waals surface area contributed by atoms with Gasteiger partial charge in [0.05, 0.1) is 5.39 Å². The van der Waals surface area contributed by atoms with Crippen molar-refractivity contribution in [1.29, 1.82) is 0 Å². The zero-order valence-electron chi connectivity index (χ0n) is 26.8. The van der Waals surface area contributed by atoms with E-state index in [2.05, 4.69) is 40.2 Å². The van der Waals surface area contributed by atoms with Crippen LogP contribution in [0, 0.1) is 12.7 Å². The number of benzene rings is 1. The van der Waals surface area contributed by atoms with Crippen molar-refractivity contribution in [2.45, 2.75) is 96.0 Å². The Hall–Kier alpha value is -3.48. The number of fused-ring (bicyclic) bond motifs is 1. The smallest absolute Gasteiger partial charge is 0.405 e. The molecule has 12 heteroatoms. The minimum absolute atomic E-state index is 0.00772. The maximum atomic E-state index is 15.4. The molecule has 1 aliphatic heterocycles. The van der Waals surface area contributed by atoms with Gasteiger partial charge in [0.1, 0.15) is 24.2 Å². The summed E-state index contributed by atoms with van der Waals surface area (Å²) in [5.41, 5.74) is 2.10. The van der Waals surface area contributed by atoms with Crippen molar-refractivity contribution in [2.24, 2.45) is 0 Å². The van der Waals surface area contributed by atoms with E-state index >= 15 is 4.39 Å². The molecule has 0 radical (unpaired) electrons. The number of carbonyl (C=O) groups excluding carboxylic acids is 1. The SMILES string of the molecule is Cc1cn(COCC[Si](C)(C)C)c2nccc(Oc3ccc(C[C@H](NC(=O)O)C(=O)NC4CCN(C5CCC5)CC4)cc3F)c12. The lowest BCUT2D eigenvalue weighted by Gasteiger charge is -2.42. The maximum absolute atomic E-state index is 15.4. The Labute approximate surface area is 265 Å². The average Bonchev–Trinajstić information content (AvgIpc) is 3.27. The molecule has 1 aromatic carbocycles. The fourth-order valence-corrected chi connectivity index (χ4v) is 6.79. The molecule has 10 nitrogen and oxygen atoms in total. The van der Waals surface area contributed by atoms with Crippen LogP contribution in [0.4, 0.5) is 9.18 Å². The summed E-state index contributed by atoms with van der Waals surface area (Å²) in [5, 5.41) is 15.5. The normalized spacial score (nSPS) is 17.2. The summed E-state index contributed by atoms with van der Waals surface area (Å²) in [5.74, 6) is -0.515. The highest BCUT2D eigenvalue weighted by atomic mass is 28.3. The van der Waals surface area contributed by atoms with Crippen LogP contribution >= 0.6 is 0 Å². The van der Waals surface area contributed by atoms with E-state index in [9.17, 15) is 14.7 Å². The number of nitrogens with zero attached hydrogens (tertiary/aromatic N) is 3. The number of nitrogens with one attached hydrogen (secondary N) is 2. The second-order valence-corrected chi connectivity index (χ2v) is 19.2. The van der Waals surface area contributed by atoms with E-state index in [4.69, 9.17) is 9.47 Å². The van der Waals surface area contributed by atoms with Gasteiger partial charge in [-0.3, -0.25) is 4.79 Å². The predicted octanol–water partition coefficient (Wildman–Crippen LogP) is 5.90. The molecule has 0 spiro atoms. The molecule has 0 unspecified atom stereocenters. The molecular formula is C33H46FN5O5Si. The molecule has 3 N–H and O–H groups in total. The summed E-state index contributed by atoms with van der Waals surface area (Å²) < 4.78 is 29.3. The van der Waals surface area contributed by atoms with Gasteiger partial charge in [0.15, 0.2) is 11.6 Å². The summed E-state index contributed by atoms with van der Waals surface area (Å²) in [7, 11) is -1.20. The monoisotopic (exact) mass is 639 g/mol. The van der Waals surface area contributed by atoms with Crippen molar-refractivity contribution in [3.63, 3.8) is 0 Å². The summed E-state index contributed by atoms with van der Waals surface area (Å²) in [4.78, 5) is 31.7. The highest BCUT2D eigenvalue weighted by Gasteiger charge is 2.31. The Morgan fingerprint density at radius 3 is 2.53 bits per heavy atom. The number of aromatic nitrogens is 2. The Balaban J connectivity index is 1.22. The van der Waals surface area contributed by atoms with Crippen LogP contribution < -0.4 is 15.4 Å². The second kappa shape index (κ2) is 14.3. The lowest BCUT2D eigenvalue weighted by atomic mass is 9.89. The lowest BCUT2D eigenvalue weighted by molar-refractivity contribution is -0.124. The van der Waals surface area contributed by atoms with Crippen molar-refractivity contribution in [2.75, 3.05) is 19.7 Å². The quantitative estimate of drug-likeness (QED) is 0.157. The molecule has 1 saturated carbocycles. The molecule has 45 heavy (non-hydrogen) atoms. The first kappa shape index (κ1) is 32.9. The summed E-state index contributed by atoms with van der Waals surface area (Å²) >= 11 is 0. The predicted molar refractivity (Wildman–Crippen MR) is 174 cm³/mol. The zero-order valence-corrected chi connectivity index (χ0v) is 27.8. The molecule has 3 heterocycles. The van der Waals surface area contributed by atoms with Gasteiger partial charge < -0.3 is 34.7 Å². The fourth-order valence-electron chi connectivity index (χ4n) is 6.04. The van der Waals surface area contributed by atoms with Gasteiger partial charge in [-0.05, 0) is 68.0 Å². The number of halogens is 1. The molecule has 5 rings (SSSR count). The van der Waals surface area contributed by atoms with Crippen LogP contribution in [0.25, 0.3) is 11.0 Å². The van der Waals surface area contributed by atoms with Crippen molar-refractivity contribution >= 4 is 31.1 Å². The van der Waals surface area contributed by atoms with E-state index in [1.54, 1.807) is 18.3 Å². The number of carbonyl (C=O) groups is 2. The van der Waals surface area contributed by atoms with Crippen LogP contribution in [-0.2, 0) is 22.7 Å². The minimum atomic E-state index is -1.30. The van der Waals surface area contributed by atoms with Crippen LogP contribution in [0.2, 0.25) is 25.7 Å². The zero-order chi connectivity index (χ0) is 32.1. The highest BCUT2D eigenvalue weighted by Crippen LogP contribution is 2.34. The Morgan fingerprint density at radius 1 is 1.13 bits per heavy atom. The molecule has 244 valence electrons. The second-order valence-electron chi connectivity index (χ2n) is 13.6. The van der Waals surface area contributed by atoms with Gasteiger partial charge in [0.2, 0.25) is 5.91 Å². The van der Waals surface area contributed by atoms with Gasteiger partial charge in [-0.2, -0.15) is 0 Å². The number of rotatable bonds is 13. The van der Waals surface area contributed by atoms with Crippen LogP contribution in [0.15, 0.2) is 36.7 Å². The molecule has 2 aromatic heterocycles. The number of carboxylic acid groups (broad SMARTS) is 1. The van der Waals surface area contributed by atoms with Crippen LogP contribution in [-0.4, -0.2) is 77.5 Å². The average molecular weight is 640 g/mol. The van der Waals surface area contributed by atoms with E-state index < -0.39 is 31.9 Å². The molecule has 2 fully saturated rings. The molecule has 1 saturated heterocycles. The number of hydrogen-bond acceptors (Lipinski definition) is 6. The van der Waals surface area contributed by atoms with E-state index in [0.717, 1.165) is 42.9 Å². The fraction of sp³-hybridized carbons (Fsp3) is 0.545. The van der Waals surface area contributed by atoms with E-state index in [-0.39, 0.29) is 18.2 Å². The van der Waals surface area contributed by atoms with Gasteiger partial charge >= 0.3 is 6.09 Å². The van der Waals surface area contributed by atoms with Crippen molar-refractivity contribution in [3.05, 3.63) is 53.6 Å². The van der Waals surface area contributed by atoms with Gasteiger partial charge in [-0.25, -0.2) is 14.2 Å². The molecule has 2 aliphatic rings. The van der Waals surface area contributed by atoms with Crippen molar-refractivity contribution in [3.8, 4) is 11.5 Å². The van der Waals surface area contributed by atoms with Crippen LogP contribution in [0.1, 0.15) is 43.2 Å². The van der Waals surface area contributed by atoms with Gasteiger partial charge in [-0.1, -0.05) is 32.1 Å². The van der Waals surface area contributed by atoms with Crippen molar-refractivity contribution in [1.82, 2.24) is 25.1 Å². The van der Waals surface area contributed by atoms with Gasteiger partial charge in [-0.15, -0.1) is 0 Å². The van der Waals surface area contributed by atoms with Crippen LogP contribution in [0.5, 0.6) is 11.5 Å². The Morgan fingerprint density at radius 2 is 1.89 bits per heavy atom. The topological polar surface area (TPSA) is 118 Å². The number of piperidine rings is 1. The highest BCUT2D eigenvalue weighted by molar-refractivity contribution is 6.76. The lowest BCUT2D eigenvalue weighted by Crippen LogP contribution is -2.54. The first-order chi connectivity index (χ1) is 21.5. The number of hydrogen-bond donors (Lipinski definition) is 3. The molecular weight excluding hydrogens is 593 g/mol. The number of amides is 2. The third kappa shape index (κ3) is 8.62. The standard InChI is InChI=1S/C33H46FN5O5Si/c1-22-20-39(21-43-16-17-45(2,3)4)31-30(22)29(10-13-35-31)44-28-9-8-23(18-26(28)34)19-27(37-33(41)42)32(40)36-24-11-14-38(15-12-24)25-6-5-7-25/h8-10,13,18,20,24-25,27,37H,5-7,11-12,14-17,19,21H2,1-4H3,(H,36,40)(H,41,42)/t27-/m0/s1. The Kier molecular flexibility index (Phi) is 10.5. The number of aryl methyl sites for hydroxylation is 1. The van der Waals surface area contributed by atoms with E-state index in [1.807, 2.05) is 17.7 Å². The third-order valence-electron chi connectivity index (χ3n) is 8.87. The van der Waals surface area contributed by atoms with Crippen molar-refractivity contribution < 1.29 is 28.6 Å². The molecule has 1 aliphatic carbocycles. The Bertz CT molecular complexity index is 1500. The maximum Gasteiger partial charge on any atom is 0.405 e. The molecule has 1 atom stereocenters. The molecule has 2 amide bonds. The number of likely N-dealkylation sites (tertiary alicyclic amines) is 1. The van der Waals surface area contributed by atoms with Gasteiger partial charge in [0.25, 0.3) is 0 Å². The number of ether oxygens (including phenoxy) is 2. The molecule has 3 aromatic rings. The number of pyridine rings is 1. The largest absolute Gasteiger partial charge is 0.465 e. The van der Waals surface area contributed by atoms with E-state index in [0.29, 0.717) is 36.3 Å². The summed E-state index contributed by atoms with van der Waals surface area (Å²) in [6.07, 6.45) is 7.73. The van der Waals surface area contributed by atoms with E-state index in [1.165, 1.54) is 31.4 Å². The minimum Gasteiger partial charge on any atom is -0.465 e. The first-order valence-electron chi connectivity index (χ1n) is 16.0. The summed E-state index contributed by atoms with van der Waals surface area (Å²) in [6.45, 7) is 11.8. The van der Waals surface area contributed by atoms with Gasteiger partial charge in [0, 0.05) is 58.7 Å². The molecule has 0 bridgehead atoms. The first-order valence-corrected chi connectivity index (χ1v) is 19.7.